The van der Waals surface area contributed by atoms with Crippen LogP contribution in [0, 0.1) is 9.41 Å². The zero-order chi connectivity index (χ0) is 10.8. The van der Waals surface area contributed by atoms with Crippen molar-refractivity contribution in [3.8, 4) is 0 Å². The van der Waals surface area contributed by atoms with Crippen LogP contribution in [-0.2, 0) is 19.4 Å². The van der Waals surface area contributed by atoms with E-state index in [9.17, 15) is 0 Å². The van der Waals surface area contributed by atoms with E-state index in [2.05, 4.69) is 4.98 Å². The Kier molecular flexibility index (Phi) is 3.33. The number of nitrogens with zero attached hydrogens (tertiary/aromatic N) is 1. The van der Waals surface area contributed by atoms with E-state index in [1.807, 2.05) is 4.57 Å². The Balaban J connectivity index is 2.59. The molecule has 0 bridgehead atoms. The molecule has 2 N–H and O–H groups in total. The fraction of sp³-hybridized carbons (Fsp3) is 0.600. The third-order valence-electron chi connectivity index (χ3n) is 2.80. The molecule has 1 aromatic heterocycles. The van der Waals surface area contributed by atoms with Crippen LogP contribution < -0.4 is 0 Å². The number of fused-ring (bicyclic) bond motifs is 1. The van der Waals surface area contributed by atoms with Gasteiger partial charge in [0.2, 0.25) is 0 Å². The minimum atomic E-state index is 0.0740. The fourth-order valence-corrected chi connectivity index (χ4v) is 2.81. The van der Waals surface area contributed by atoms with Crippen molar-refractivity contribution >= 4 is 24.4 Å². The quantitative estimate of drug-likeness (QED) is 0.781. The van der Waals surface area contributed by atoms with Crippen LogP contribution in [0.4, 0.5) is 0 Å². The van der Waals surface area contributed by atoms with Gasteiger partial charge in [0.15, 0.2) is 4.77 Å². The van der Waals surface area contributed by atoms with Gasteiger partial charge in [-0.05, 0) is 37.9 Å². The number of aromatic amines is 1. The van der Waals surface area contributed by atoms with Crippen LogP contribution in [0.15, 0.2) is 0 Å². The van der Waals surface area contributed by atoms with Crippen molar-refractivity contribution in [1.82, 2.24) is 9.55 Å². The van der Waals surface area contributed by atoms with Gasteiger partial charge in [0.25, 0.3) is 0 Å². The van der Waals surface area contributed by atoms with Crippen LogP contribution >= 0.6 is 24.4 Å². The lowest BCUT2D eigenvalue weighted by Gasteiger charge is -2.18. The van der Waals surface area contributed by atoms with Gasteiger partial charge in [-0.3, -0.25) is 0 Å². The standard InChI is InChI=1S/C10H14N2OS2/c13-6-5-12-9(14)7-3-1-2-4-8(7)11-10(12)15/h13H,1-6H2,(H,11,15). The molecule has 0 radical (unpaired) electrons. The summed E-state index contributed by atoms with van der Waals surface area (Å²) in [5.74, 6) is 0. The lowest BCUT2D eigenvalue weighted by Crippen LogP contribution is -2.15. The molecule has 0 saturated carbocycles. The molecular formula is C10H14N2OS2. The van der Waals surface area contributed by atoms with Crippen molar-refractivity contribution in [3.63, 3.8) is 0 Å². The molecule has 5 heteroatoms. The van der Waals surface area contributed by atoms with Gasteiger partial charge < -0.3 is 14.7 Å². The molecule has 2 rings (SSSR count). The number of hydrogen-bond acceptors (Lipinski definition) is 3. The van der Waals surface area contributed by atoms with Crippen LogP contribution in [0.2, 0.25) is 0 Å². The van der Waals surface area contributed by atoms with Crippen molar-refractivity contribution in [2.24, 2.45) is 0 Å². The number of rotatable bonds is 2. The van der Waals surface area contributed by atoms with Gasteiger partial charge in [-0.25, -0.2) is 0 Å². The maximum Gasteiger partial charge on any atom is 0.178 e. The maximum absolute atomic E-state index is 8.95. The molecule has 0 fully saturated rings. The summed E-state index contributed by atoms with van der Waals surface area (Å²) >= 11 is 10.6. The number of hydrogen-bond donors (Lipinski definition) is 2. The molecule has 0 aromatic carbocycles. The molecule has 0 spiro atoms. The number of aliphatic hydroxyl groups is 1. The topological polar surface area (TPSA) is 41.0 Å². The first-order chi connectivity index (χ1) is 7.24. The zero-order valence-corrected chi connectivity index (χ0v) is 10.1. The number of H-pyrrole nitrogens is 1. The Bertz CT molecular complexity index is 475. The lowest BCUT2D eigenvalue weighted by atomic mass is 9.97. The molecule has 0 saturated heterocycles. The molecular weight excluding hydrogens is 228 g/mol. The van der Waals surface area contributed by atoms with Gasteiger partial charge in [-0.15, -0.1) is 0 Å². The Hall–Kier alpha value is -0.520. The molecule has 1 aliphatic carbocycles. The lowest BCUT2D eigenvalue weighted by molar-refractivity contribution is 0.273. The molecule has 0 amide bonds. The Labute approximate surface area is 98.8 Å². The van der Waals surface area contributed by atoms with Gasteiger partial charge in [0, 0.05) is 17.8 Å². The number of aromatic nitrogens is 2. The number of nitrogens with one attached hydrogen (secondary N) is 1. The SMILES string of the molecule is OCCn1c(=S)[nH]c2c(c1=S)CCCC2. The summed E-state index contributed by atoms with van der Waals surface area (Å²) in [4.78, 5) is 3.22. The Morgan fingerprint density at radius 2 is 2.00 bits per heavy atom. The molecule has 82 valence electrons. The predicted molar refractivity (Wildman–Crippen MR) is 64.2 cm³/mol. The zero-order valence-electron chi connectivity index (χ0n) is 8.45. The van der Waals surface area contributed by atoms with Crippen LogP contribution in [-0.4, -0.2) is 21.3 Å². The van der Waals surface area contributed by atoms with Crippen molar-refractivity contribution in [2.45, 2.75) is 32.2 Å². The minimum absolute atomic E-state index is 0.0740. The Morgan fingerprint density at radius 3 is 2.73 bits per heavy atom. The van der Waals surface area contributed by atoms with Crippen LogP contribution in [0.1, 0.15) is 24.1 Å². The summed E-state index contributed by atoms with van der Waals surface area (Å²) < 4.78 is 3.26. The Morgan fingerprint density at radius 1 is 1.27 bits per heavy atom. The largest absolute Gasteiger partial charge is 0.395 e. The van der Waals surface area contributed by atoms with Crippen molar-refractivity contribution < 1.29 is 5.11 Å². The van der Waals surface area contributed by atoms with Crippen LogP contribution in [0.3, 0.4) is 0 Å². The highest BCUT2D eigenvalue weighted by Gasteiger charge is 2.13. The average molecular weight is 242 g/mol. The van der Waals surface area contributed by atoms with E-state index in [-0.39, 0.29) is 6.61 Å². The first-order valence-corrected chi connectivity index (χ1v) is 6.01. The molecule has 15 heavy (non-hydrogen) atoms. The van der Waals surface area contributed by atoms with Gasteiger partial charge in [-0.1, -0.05) is 12.2 Å². The summed E-state index contributed by atoms with van der Waals surface area (Å²) in [7, 11) is 0. The third-order valence-corrected chi connectivity index (χ3v) is 3.59. The molecule has 0 unspecified atom stereocenters. The van der Waals surface area contributed by atoms with E-state index in [1.54, 1.807) is 0 Å². The highest BCUT2D eigenvalue weighted by atomic mass is 32.1. The van der Waals surface area contributed by atoms with Gasteiger partial charge in [-0.2, -0.15) is 0 Å². The van der Waals surface area contributed by atoms with E-state index in [0.29, 0.717) is 11.3 Å². The number of aryl methyl sites for hydroxylation is 1. The maximum atomic E-state index is 8.95. The van der Waals surface area contributed by atoms with Gasteiger partial charge in [0.05, 0.1) is 6.61 Å². The normalized spacial score (nSPS) is 15.0. The summed E-state index contributed by atoms with van der Waals surface area (Å²) in [5, 5.41) is 8.95. The van der Waals surface area contributed by atoms with E-state index in [1.165, 1.54) is 24.1 Å². The number of aliphatic hydroxyl groups excluding tert-OH is 1. The van der Waals surface area contributed by atoms with Gasteiger partial charge >= 0.3 is 0 Å². The molecule has 3 nitrogen and oxygen atoms in total. The summed E-state index contributed by atoms with van der Waals surface area (Å²) in [6.07, 6.45) is 4.48. The van der Waals surface area contributed by atoms with E-state index in [4.69, 9.17) is 29.5 Å². The van der Waals surface area contributed by atoms with Crippen molar-refractivity contribution in [3.05, 3.63) is 20.7 Å². The molecule has 1 heterocycles. The summed E-state index contributed by atoms with van der Waals surface area (Å²) in [6, 6.07) is 0. The van der Waals surface area contributed by atoms with Crippen LogP contribution in [0.5, 0.6) is 0 Å². The van der Waals surface area contributed by atoms with Crippen LogP contribution in [0.25, 0.3) is 0 Å². The highest BCUT2D eigenvalue weighted by molar-refractivity contribution is 7.72. The van der Waals surface area contributed by atoms with Gasteiger partial charge in [0.1, 0.15) is 4.64 Å². The monoisotopic (exact) mass is 242 g/mol. The first-order valence-electron chi connectivity index (χ1n) is 5.20. The second kappa shape index (κ2) is 4.55. The molecule has 1 aliphatic rings. The smallest absolute Gasteiger partial charge is 0.178 e. The molecule has 0 atom stereocenters. The third kappa shape index (κ3) is 2.04. The molecule has 1 aromatic rings. The summed E-state index contributed by atoms with van der Waals surface area (Å²) in [6.45, 7) is 0.562. The van der Waals surface area contributed by atoms with E-state index >= 15 is 0 Å². The fourth-order valence-electron chi connectivity index (χ4n) is 2.03. The minimum Gasteiger partial charge on any atom is -0.395 e. The second-order valence-electron chi connectivity index (χ2n) is 3.77. The first kappa shape index (κ1) is 11.0. The van der Waals surface area contributed by atoms with Crippen molar-refractivity contribution in [1.29, 1.82) is 0 Å². The van der Waals surface area contributed by atoms with Crippen molar-refractivity contribution in [2.75, 3.05) is 6.61 Å². The summed E-state index contributed by atoms with van der Waals surface area (Å²) in [5.41, 5.74) is 2.42. The predicted octanol–water partition coefficient (Wildman–Crippen LogP) is 2.15. The average Bonchev–Trinajstić information content (AvgIpc) is 2.24. The van der Waals surface area contributed by atoms with E-state index < -0.39 is 0 Å². The van der Waals surface area contributed by atoms with E-state index in [0.717, 1.165) is 17.5 Å². The molecule has 0 aliphatic heterocycles. The highest BCUT2D eigenvalue weighted by Crippen LogP contribution is 2.20. The second-order valence-corrected chi connectivity index (χ2v) is 4.55.